The molecule has 0 heterocycles. The van der Waals surface area contributed by atoms with Crippen LogP contribution in [0.3, 0.4) is 0 Å². The molecule has 9 nitrogen and oxygen atoms in total. The van der Waals surface area contributed by atoms with E-state index in [1.165, 1.54) is 17.2 Å². The Labute approximate surface area is 195 Å². The minimum absolute atomic E-state index is 0.0185. The number of hydrogen-bond donors (Lipinski definition) is 2. The molecule has 0 bridgehead atoms. The van der Waals surface area contributed by atoms with Crippen LogP contribution in [-0.4, -0.2) is 35.4 Å². The molecule has 0 saturated carbocycles. The van der Waals surface area contributed by atoms with Crippen molar-refractivity contribution in [2.45, 2.75) is 39.2 Å². The van der Waals surface area contributed by atoms with Gasteiger partial charge in [-0.05, 0) is 54.5 Å². The SMILES string of the molecule is CC(C)[C@H](NC(=O)c1ccc([N+](=O)[O-])cc1Cl)C(=O)OCC(=O)Nc1ccc2c(c1)CCC2. The summed E-state index contributed by atoms with van der Waals surface area (Å²) < 4.78 is 5.12. The predicted octanol–water partition coefficient (Wildman–Crippen LogP) is 3.67. The molecule has 2 aromatic rings. The number of carbonyl (C=O) groups is 3. The van der Waals surface area contributed by atoms with E-state index in [4.69, 9.17) is 16.3 Å². The largest absolute Gasteiger partial charge is 0.454 e. The summed E-state index contributed by atoms with van der Waals surface area (Å²) in [7, 11) is 0. The number of nitrogens with zero attached hydrogens (tertiary/aromatic N) is 1. The zero-order chi connectivity index (χ0) is 24.1. The lowest BCUT2D eigenvalue weighted by atomic mass is 10.0. The monoisotopic (exact) mass is 473 g/mol. The van der Waals surface area contributed by atoms with Crippen LogP contribution in [0.2, 0.25) is 5.02 Å². The van der Waals surface area contributed by atoms with Crippen molar-refractivity contribution >= 4 is 40.8 Å². The van der Waals surface area contributed by atoms with Crippen LogP contribution in [0.25, 0.3) is 0 Å². The number of carbonyl (C=O) groups excluding carboxylic acids is 3. The van der Waals surface area contributed by atoms with E-state index in [1.807, 2.05) is 18.2 Å². The molecular formula is C23H24ClN3O6. The first kappa shape index (κ1) is 24.2. The third-order valence-electron chi connectivity index (χ3n) is 5.34. The van der Waals surface area contributed by atoms with Gasteiger partial charge in [0.1, 0.15) is 6.04 Å². The fraction of sp³-hybridized carbons (Fsp3) is 0.348. The van der Waals surface area contributed by atoms with Crippen LogP contribution in [0.5, 0.6) is 0 Å². The van der Waals surface area contributed by atoms with Gasteiger partial charge in [0.2, 0.25) is 0 Å². The van der Waals surface area contributed by atoms with Gasteiger partial charge in [-0.15, -0.1) is 0 Å². The van der Waals surface area contributed by atoms with Crippen LogP contribution in [-0.2, 0) is 27.2 Å². The molecule has 0 aromatic heterocycles. The number of esters is 1. The van der Waals surface area contributed by atoms with Gasteiger partial charge >= 0.3 is 5.97 Å². The van der Waals surface area contributed by atoms with E-state index in [9.17, 15) is 24.5 Å². The van der Waals surface area contributed by atoms with Crippen molar-refractivity contribution in [1.82, 2.24) is 5.32 Å². The van der Waals surface area contributed by atoms with Gasteiger partial charge in [-0.3, -0.25) is 19.7 Å². The summed E-state index contributed by atoms with van der Waals surface area (Å²) in [4.78, 5) is 47.6. The fourth-order valence-corrected chi connectivity index (χ4v) is 3.85. The van der Waals surface area contributed by atoms with Gasteiger partial charge in [-0.2, -0.15) is 0 Å². The van der Waals surface area contributed by atoms with Crippen molar-refractivity contribution < 1.29 is 24.0 Å². The zero-order valence-corrected chi connectivity index (χ0v) is 19.0. The molecule has 0 unspecified atom stereocenters. The Morgan fingerprint density at radius 1 is 1.12 bits per heavy atom. The minimum Gasteiger partial charge on any atom is -0.454 e. The van der Waals surface area contributed by atoms with E-state index in [0.29, 0.717) is 5.69 Å². The Bertz CT molecular complexity index is 1100. The number of nitrogens with one attached hydrogen (secondary N) is 2. The van der Waals surface area contributed by atoms with Crippen molar-refractivity contribution in [2.75, 3.05) is 11.9 Å². The van der Waals surface area contributed by atoms with E-state index in [1.54, 1.807) is 13.8 Å². The maximum Gasteiger partial charge on any atom is 0.329 e. The van der Waals surface area contributed by atoms with Gasteiger partial charge < -0.3 is 15.4 Å². The molecule has 0 fully saturated rings. The minimum atomic E-state index is -1.04. The molecule has 1 atom stereocenters. The van der Waals surface area contributed by atoms with Crippen LogP contribution in [0.4, 0.5) is 11.4 Å². The Kier molecular flexibility index (Phi) is 7.65. The van der Waals surface area contributed by atoms with E-state index in [2.05, 4.69) is 10.6 Å². The lowest BCUT2D eigenvalue weighted by Crippen LogP contribution is -2.46. The lowest BCUT2D eigenvalue weighted by molar-refractivity contribution is -0.384. The Hall–Kier alpha value is -3.46. The average molecular weight is 474 g/mol. The average Bonchev–Trinajstić information content (AvgIpc) is 3.23. The quantitative estimate of drug-likeness (QED) is 0.342. The summed E-state index contributed by atoms with van der Waals surface area (Å²) in [5.41, 5.74) is 2.85. The number of rotatable bonds is 8. The highest BCUT2D eigenvalue weighted by molar-refractivity contribution is 6.34. The van der Waals surface area contributed by atoms with Crippen molar-refractivity contribution in [3.8, 4) is 0 Å². The van der Waals surface area contributed by atoms with Gasteiger partial charge in [0.15, 0.2) is 6.61 Å². The maximum absolute atomic E-state index is 12.6. The molecule has 0 saturated heterocycles. The van der Waals surface area contributed by atoms with Crippen molar-refractivity contribution in [3.63, 3.8) is 0 Å². The Balaban J connectivity index is 1.58. The van der Waals surface area contributed by atoms with E-state index < -0.39 is 35.4 Å². The third-order valence-corrected chi connectivity index (χ3v) is 5.66. The number of benzene rings is 2. The van der Waals surface area contributed by atoms with Gasteiger partial charge in [0.05, 0.1) is 15.5 Å². The number of aryl methyl sites for hydroxylation is 2. The van der Waals surface area contributed by atoms with Crippen LogP contribution in [0.15, 0.2) is 36.4 Å². The summed E-state index contributed by atoms with van der Waals surface area (Å²) in [5.74, 6) is -2.31. The molecule has 3 rings (SSSR count). The lowest BCUT2D eigenvalue weighted by Gasteiger charge is -2.21. The van der Waals surface area contributed by atoms with E-state index >= 15 is 0 Å². The number of amides is 2. The summed E-state index contributed by atoms with van der Waals surface area (Å²) in [6.45, 7) is 2.90. The molecule has 174 valence electrons. The molecule has 2 N–H and O–H groups in total. The Morgan fingerprint density at radius 3 is 2.52 bits per heavy atom. The molecule has 2 amide bonds. The molecule has 33 heavy (non-hydrogen) atoms. The summed E-state index contributed by atoms with van der Waals surface area (Å²) in [5, 5.41) is 15.9. The second kappa shape index (κ2) is 10.4. The number of anilines is 1. The Morgan fingerprint density at radius 2 is 1.85 bits per heavy atom. The highest BCUT2D eigenvalue weighted by Crippen LogP contribution is 2.25. The number of ether oxygens (including phenoxy) is 1. The van der Waals surface area contributed by atoms with Gasteiger partial charge in [0, 0.05) is 17.8 Å². The number of nitro benzene ring substituents is 1. The van der Waals surface area contributed by atoms with E-state index in [0.717, 1.165) is 31.4 Å². The first-order valence-corrected chi connectivity index (χ1v) is 10.9. The van der Waals surface area contributed by atoms with Gasteiger partial charge in [-0.25, -0.2) is 4.79 Å². The topological polar surface area (TPSA) is 128 Å². The molecule has 0 aliphatic heterocycles. The second-order valence-electron chi connectivity index (χ2n) is 8.11. The standard InChI is InChI=1S/C23H24ClN3O6/c1-13(2)21(26-22(29)18-9-8-17(27(31)32)11-19(18)24)23(30)33-12-20(28)25-16-7-6-14-4-3-5-15(14)10-16/h6-11,13,21H,3-5,12H2,1-2H3,(H,25,28)(H,26,29)/t21-/m0/s1. The van der Waals surface area contributed by atoms with Crippen LogP contribution >= 0.6 is 11.6 Å². The summed E-state index contributed by atoms with van der Waals surface area (Å²) in [6.07, 6.45) is 3.11. The molecule has 1 aliphatic rings. The number of halogens is 1. The molecule has 2 aromatic carbocycles. The third kappa shape index (κ3) is 6.07. The van der Waals surface area contributed by atoms with Crippen LogP contribution in [0, 0.1) is 16.0 Å². The number of nitro groups is 1. The van der Waals surface area contributed by atoms with Crippen molar-refractivity contribution in [1.29, 1.82) is 0 Å². The van der Waals surface area contributed by atoms with Crippen LogP contribution in [0.1, 0.15) is 41.8 Å². The number of fused-ring (bicyclic) bond motifs is 1. The highest BCUT2D eigenvalue weighted by atomic mass is 35.5. The fourth-order valence-electron chi connectivity index (χ4n) is 3.59. The summed E-state index contributed by atoms with van der Waals surface area (Å²) in [6, 6.07) is 8.09. The smallest absolute Gasteiger partial charge is 0.329 e. The normalized spacial score (nSPS) is 13.2. The molecule has 0 spiro atoms. The van der Waals surface area contributed by atoms with Crippen LogP contribution < -0.4 is 10.6 Å². The molecule has 10 heteroatoms. The predicted molar refractivity (Wildman–Crippen MR) is 122 cm³/mol. The molecule has 0 radical (unpaired) electrons. The highest BCUT2D eigenvalue weighted by Gasteiger charge is 2.28. The van der Waals surface area contributed by atoms with Crippen molar-refractivity contribution in [2.24, 2.45) is 5.92 Å². The zero-order valence-electron chi connectivity index (χ0n) is 18.2. The van der Waals surface area contributed by atoms with Gasteiger partial charge in [0.25, 0.3) is 17.5 Å². The van der Waals surface area contributed by atoms with E-state index in [-0.39, 0.29) is 22.2 Å². The number of non-ortho nitro benzene ring substituents is 1. The molecular weight excluding hydrogens is 450 g/mol. The number of hydrogen-bond acceptors (Lipinski definition) is 6. The molecule has 1 aliphatic carbocycles. The maximum atomic E-state index is 12.6. The first-order chi connectivity index (χ1) is 15.7. The van der Waals surface area contributed by atoms with Gasteiger partial charge in [-0.1, -0.05) is 31.5 Å². The second-order valence-corrected chi connectivity index (χ2v) is 8.52. The first-order valence-electron chi connectivity index (χ1n) is 10.5. The summed E-state index contributed by atoms with van der Waals surface area (Å²) >= 11 is 5.99. The van der Waals surface area contributed by atoms with Crippen molar-refractivity contribution in [3.05, 3.63) is 68.2 Å².